The minimum Gasteiger partial charge on any atom is -0.462 e. The molecule has 0 aliphatic carbocycles. The number of esters is 2. The number of non-ortho nitro benzene ring substituents is 1. The predicted molar refractivity (Wildman–Crippen MR) is 134 cm³/mol. The van der Waals surface area contributed by atoms with Crippen molar-refractivity contribution in [1.82, 2.24) is 0 Å². The van der Waals surface area contributed by atoms with Gasteiger partial charge in [0.2, 0.25) is 0 Å². The van der Waals surface area contributed by atoms with E-state index < -0.39 is 40.9 Å². The van der Waals surface area contributed by atoms with E-state index in [1.807, 2.05) is 30.3 Å². The number of rotatable bonds is 9. The number of aliphatic imine (C=N–C) groups is 1. The van der Waals surface area contributed by atoms with Gasteiger partial charge in [-0.3, -0.25) is 19.9 Å². The molecule has 0 aromatic heterocycles. The van der Waals surface area contributed by atoms with E-state index in [1.54, 1.807) is 33.8 Å². The van der Waals surface area contributed by atoms with Crippen LogP contribution in [0, 0.1) is 16.0 Å². The van der Waals surface area contributed by atoms with Crippen LogP contribution >= 0.6 is 0 Å². The molecule has 0 saturated heterocycles. The summed E-state index contributed by atoms with van der Waals surface area (Å²) in [6.07, 6.45) is -0.894. The lowest BCUT2D eigenvalue weighted by Crippen LogP contribution is -2.37. The van der Waals surface area contributed by atoms with E-state index in [4.69, 9.17) is 14.2 Å². The molecular formula is C27H30N2O7. The van der Waals surface area contributed by atoms with Crippen LogP contribution in [0.5, 0.6) is 0 Å². The lowest BCUT2D eigenvalue weighted by atomic mass is 9.75. The Kier molecular flexibility index (Phi) is 8.71. The Bertz CT molecular complexity index is 1190. The zero-order valence-electron chi connectivity index (χ0n) is 21.0. The van der Waals surface area contributed by atoms with E-state index in [1.165, 1.54) is 25.3 Å². The average Bonchev–Trinajstić information content (AvgIpc) is 2.84. The van der Waals surface area contributed by atoms with Crippen LogP contribution in [0.15, 0.2) is 70.9 Å². The maximum Gasteiger partial charge on any atom is 0.336 e. The molecule has 0 amide bonds. The van der Waals surface area contributed by atoms with Crippen LogP contribution in [0.3, 0.4) is 0 Å². The fourth-order valence-corrected chi connectivity index (χ4v) is 4.30. The maximum absolute atomic E-state index is 13.5. The molecule has 0 saturated carbocycles. The first-order valence-corrected chi connectivity index (χ1v) is 11.6. The second kappa shape index (κ2) is 11.7. The molecule has 9 heteroatoms. The maximum atomic E-state index is 13.5. The molecule has 1 heterocycles. The van der Waals surface area contributed by atoms with Gasteiger partial charge in [0, 0.05) is 36.6 Å². The first kappa shape index (κ1) is 26.7. The Morgan fingerprint density at radius 3 is 2.39 bits per heavy atom. The Morgan fingerprint density at radius 1 is 1.08 bits per heavy atom. The highest BCUT2D eigenvalue weighted by molar-refractivity contribution is 6.07. The topological polar surface area (TPSA) is 117 Å². The molecular weight excluding hydrogens is 464 g/mol. The van der Waals surface area contributed by atoms with Crippen molar-refractivity contribution >= 4 is 23.3 Å². The summed E-state index contributed by atoms with van der Waals surface area (Å²) < 4.78 is 16.6. The fraction of sp³-hybridized carbons (Fsp3) is 0.370. The van der Waals surface area contributed by atoms with Crippen LogP contribution in [0.25, 0.3) is 0 Å². The minimum atomic E-state index is -0.951. The Hall–Kier alpha value is -3.85. The van der Waals surface area contributed by atoms with E-state index >= 15 is 0 Å². The number of allylic oxidation sites excluding steroid dienone is 1. The average molecular weight is 495 g/mol. The molecule has 3 atom stereocenters. The summed E-state index contributed by atoms with van der Waals surface area (Å²) >= 11 is 0. The number of benzene rings is 2. The predicted octanol–water partition coefficient (Wildman–Crippen LogP) is 4.93. The summed E-state index contributed by atoms with van der Waals surface area (Å²) in [5, 5.41) is 11.5. The van der Waals surface area contributed by atoms with Crippen LogP contribution in [-0.2, 0) is 23.8 Å². The molecule has 1 aliphatic heterocycles. The monoisotopic (exact) mass is 494 g/mol. The first-order chi connectivity index (χ1) is 17.1. The molecule has 0 fully saturated rings. The van der Waals surface area contributed by atoms with Crippen LogP contribution in [-0.4, -0.2) is 42.4 Å². The number of carbonyl (C=O) groups is 2. The van der Waals surface area contributed by atoms with Crippen molar-refractivity contribution < 1.29 is 28.7 Å². The molecule has 0 bridgehead atoms. The molecule has 36 heavy (non-hydrogen) atoms. The van der Waals surface area contributed by atoms with Gasteiger partial charge in [-0.1, -0.05) is 42.5 Å². The SMILES string of the molecule is COC(COC(=O)C1=C(C)N=C(C)C(C(=O)OC(C)C)C1c1cccc([N+](=O)[O-])c1)c1ccccc1. The quantitative estimate of drug-likeness (QED) is 0.276. The summed E-state index contributed by atoms with van der Waals surface area (Å²) in [7, 11) is 1.52. The molecule has 3 unspecified atom stereocenters. The number of nitrogens with zero attached hydrogens (tertiary/aromatic N) is 2. The van der Waals surface area contributed by atoms with Crippen molar-refractivity contribution in [2.24, 2.45) is 10.9 Å². The highest BCUT2D eigenvalue weighted by Crippen LogP contribution is 2.41. The third-order valence-electron chi connectivity index (χ3n) is 5.92. The van der Waals surface area contributed by atoms with Gasteiger partial charge in [0.05, 0.1) is 16.6 Å². The van der Waals surface area contributed by atoms with Crippen molar-refractivity contribution in [2.45, 2.75) is 45.8 Å². The van der Waals surface area contributed by atoms with Gasteiger partial charge in [0.1, 0.15) is 18.6 Å². The number of hydrogen-bond acceptors (Lipinski definition) is 8. The van der Waals surface area contributed by atoms with E-state index in [9.17, 15) is 19.7 Å². The van der Waals surface area contributed by atoms with E-state index in [2.05, 4.69) is 4.99 Å². The fourth-order valence-electron chi connectivity index (χ4n) is 4.30. The van der Waals surface area contributed by atoms with Crippen LogP contribution < -0.4 is 0 Å². The Morgan fingerprint density at radius 2 is 1.78 bits per heavy atom. The number of nitro groups is 1. The van der Waals surface area contributed by atoms with Gasteiger partial charge in [-0.2, -0.15) is 0 Å². The van der Waals surface area contributed by atoms with E-state index in [-0.39, 0.29) is 17.9 Å². The minimum absolute atomic E-state index is 0.0679. The zero-order valence-corrected chi connectivity index (χ0v) is 21.0. The summed E-state index contributed by atoms with van der Waals surface area (Å²) in [4.78, 5) is 42.0. The first-order valence-electron chi connectivity index (χ1n) is 11.6. The molecule has 0 N–H and O–H groups in total. The van der Waals surface area contributed by atoms with Gasteiger partial charge in [0.15, 0.2) is 0 Å². The van der Waals surface area contributed by atoms with E-state index in [0.29, 0.717) is 17.0 Å². The van der Waals surface area contributed by atoms with Gasteiger partial charge in [-0.05, 0) is 38.8 Å². The third-order valence-corrected chi connectivity index (χ3v) is 5.92. The highest BCUT2D eigenvalue weighted by Gasteiger charge is 2.43. The number of methoxy groups -OCH3 is 1. The Balaban J connectivity index is 2.01. The van der Waals surface area contributed by atoms with Crippen molar-refractivity contribution in [2.75, 3.05) is 13.7 Å². The second-order valence-electron chi connectivity index (χ2n) is 8.78. The summed E-state index contributed by atoms with van der Waals surface area (Å²) in [5.74, 6) is -3.08. The van der Waals surface area contributed by atoms with Crippen molar-refractivity contribution in [3.8, 4) is 0 Å². The van der Waals surface area contributed by atoms with Gasteiger partial charge in [-0.25, -0.2) is 4.79 Å². The van der Waals surface area contributed by atoms with E-state index in [0.717, 1.165) is 5.56 Å². The lowest BCUT2D eigenvalue weighted by Gasteiger charge is -2.32. The van der Waals surface area contributed by atoms with Crippen molar-refractivity contribution in [1.29, 1.82) is 0 Å². The number of ether oxygens (including phenoxy) is 3. The molecule has 190 valence electrons. The van der Waals surface area contributed by atoms with Crippen LogP contribution in [0.1, 0.15) is 50.8 Å². The lowest BCUT2D eigenvalue weighted by molar-refractivity contribution is -0.384. The normalized spacial score (nSPS) is 18.4. The molecule has 0 radical (unpaired) electrons. The van der Waals surface area contributed by atoms with Crippen molar-refractivity contribution in [3.63, 3.8) is 0 Å². The third kappa shape index (κ3) is 6.04. The Labute approximate surface area is 209 Å². The van der Waals surface area contributed by atoms with Gasteiger partial charge in [0.25, 0.3) is 5.69 Å². The molecule has 9 nitrogen and oxygen atoms in total. The summed E-state index contributed by atoms with van der Waals surface area (Å²) in [5.41, 5.74) is 2.07. The standard InChI is InChI=1S/C27H30N2O7/c1-16(2)36-27(31)24-18(4)28-17(3)23(25(24)20-12-9-13-21(14-20)29(32)33)26(30)35-15-22(34-5)19-10-7-6-8-11-19/h6-14,16,22,24-25H,15H2,1-5H3. The molecule has 0 spiro atoms. The van der Waals surface area contributed by atoms with Crippen molar-refractivity contribution in [3.05, 3.63) is 87.1 Å². The van der Waals surface area contributed by atoms with Gasteiger partial charge >= 0.3 is 11.9 Å². The molecule has 3 rings (SSSR count). The zero-order chi connectivity index (χ0) is 26.4. The van der Waals surface area contributed by atoms with Crippen LogP contribution in [0.2, 0.25) is 0 Å². The second-order valence-corrected chi connectivity index (χ2v) is 8.78. The summed E-state index contributed by atoms with van der Waals surface area (Å²) in [6, 6.07) is 15.2. The van der Waals surface area contributed by atoms with Gasteiger partial charge < -0.3 is 14.2 Å². The number of hydrogen-bond donors (Lipinski definition) is 0. The molecule has 2 aromatic rings. The van der Waals surface area contributed by atoms with Crippen LogP contribution in [0.4, 0.5) is 5.69 Å². The molecule has 1 aliphatic rings. The highest BCUT2D eigenvalue weighted by atomic mass is 16.6. The summed E-state index contributed by atoms with van der Waals surface area (Å²) in [6.45, 7) is 6.71. The number of nitro benzene ring substituents is 1. The largest absolute Gasteiger partial charge is 0.462 e. The van der Waals surface area contributed by atoms with Gasteiger partial charge in [-0.15, -0.1) is 0 Å². The smallest absolute Gasteiger partial charge is 0.336 e. The molecule has 2 aromatic carbocycles. The number of carbonyl (C=O) groups excluding carboxylic acids is 2.